The Balaban J connectivity index is 1.36. The summed E-state index contributed by atoms with van der Waals surface area (Å²) < 4.78 is 7.38. The van der Waals surface area contributed by atoms with Crippen LogP contribution < -0.4 is 5.32 Å². The lowest BCUT2D eigenvalue weighted by molar-refractivity contribution is -0.113. The molecule has 4 rings (SSSR count). The molecule has 2 aromatic heterocycles. The number of anilines is 1. The lowest BCUT2D eigenvalue weighted by Crippen LogP contribution is -2.17. The van der Waals surface area contributed by atoms with Gasteiger partial charge >= 0.3 is 5.97 Å². The van der Waals surface area contributed by atoms with E-state index in [1.54, 1.807) is 6.92 Å². The molecule has 0 atom stereocenters. The van der Waals surface area contributed by atoms with Crippen molar-refractivity contribution in [2.24, 2.45) is 5.92 Å². The number of carbonyl (C=O) groups excluding carboxylic acids is 2. The highest BCUT2D eigenvalue weighted by atomic mass is 32.2. The zero-order chi connectivity index (χ0) is 23.2. The third-order valence-electron chi connectivity index (χ3n) is 6.60. The van der Waals surface area contributed by atoms with Crippen molar-refractivity contribution in [1.82, 2.24) is 14.8 Å². The van der Waals surface area contributed by atoms with Gasteiger partial charge in [0.05, 0.1) is 17.9 Å². The molecule has 180 valence electrons. The fraction of sp³-hybridized carbons (Fsp3) is 0.667. The van der Waals surface area contributed by atoms with E-state index >= 15 is 0 Å². The number of aryl methyl sites for hydroxylation is 2. The van der Waals surface area contributed by atoms with Crippen LogP contribution >= 0.6 is 23.1 Å². The number of carbonyl (C=O) groups is 2. The number of nitrogens with zero attached hydrogens (tertiary/aromatic N) is 3. The molecule has 0 radical (unpaired) electrons. The standard InChI is InChI=1S/C24H34N4O3S2/c1-3-28-19(14-13-16-9-6-5-7-10-16)26-27-24(28)32-15-20(29)25-22-21(23(30)31-4-2)17-11-8-12-18(17)33-22/h16H,3-15H2,1-2H3,(H,25,29). The molecule has 2 aliphatic carbocycles. The minimum absolute atomic E-state index is 0.139. The van der Waals surface area contributed by atoms with Gasteiger partial charge in [0.25, 0.3) is 0 Å². The van der Waals surface area contributed by atoms with Gasteiger partial charge in [-0.1, -0.05) is 43.9 Å². The highest BCUT2D eigenvalue weighted by Gasteiger charge is 2.28. The first-order chi connectivity index (χ1) is 16.1. The molecule has 7 nitrogen and oxygen atoms in total. The van der Waals surface area contributed by atoms with Crippen molar-refractivity contribution in [3.8, 4) is 0 Å². The number of nitrogens with one attached hydrogen (secondary N) is 1. The van der Waals surface area contributed by atoms with E-state index in [-0.39, 0.29) is 17.6 Å². The van der Waals surface area contributed by atoms with Crippen LogP contribution in [-0.4, -0.2) is 39.0 Å². The van der Waals surface area contributed by atoms with Crippen LogP contribution in [0.5, 0.6) is 0 Å². The number of hydrogen-bond donors (Lipinski definition) is 1. The van der Waals surface area contributed by atoms with Crippen molar-refractivity contribution in [3.63, 3.8) is 0 Å². The van der Waals surface area contributed by atoms with E-state index in [2.05, 4.69) is 27.0 Å². The van der Waals surface area contributed by atoms with Crippen molar-refractivity contribution in [3.05, 3.63) is 21.8 Å². The Kier molecular flexibility index (Phi) is 8.46. The normalized spacial score (nSPS) is 16.1. The minimum Gasteiger partial charge on any atom is -0.462 e. The SMILES string of the molecule is CCOC(=O)c1c(NC(=O)CSc2nnc(CCC3CCCCC3)n2CC)sc2c1CCC2. The minimum atomic E-state index is -0.340. The summed E-state index contributed by atoms with van der Waals surface area (Å²) in [4.78, 5) is 26.5. The molecule has 0 saturated heterocycles. The number of aromatic nitrogens is 3. The molecule has 2 aromatic rings. The fourth-order valence-corrected chi connectivity index (χ4v) is 7.06. The van der Waals surface area contributed by atoms with Gasteiger partial charge in [-0.15, -0.1) is 21.5 Å². The summed E-state index contributed by atoms with van der Waals surface area (Å²) in [5, 5.41) is 13.2. The molecular formula is C24H34N4O3S2. The van der Waals surface area contributed by atoms with Gasteiger partial charge in [-0.2, -0.15) is 0 Å². The summed E-state index contributed by atoms with van der Waals surface area (Å²) in [6.45, 7) is 5.01. The van der Waals surface area contributed by atoms with E-state index in [0.717, 1.165) is 54.7 Å². The molecule has 0 unspecified atom stereocenters. The topological polar surface area (TPSA) is 86.1 Å². The van der Waals surface area contributed by atoms with Crippen molar-refractivity contribution in [1.29, 1.82) is 0 Å². The van der Waals surface area contributed by atoms with Gasteiger partial charge in [0.2, 0.25) is 5.91 Å². The average molecular weight is 491 g/mol. The summed E-state index contributed by atoms with van der Waals surface area (Å²) in [6.07, 6.45) is 11.7. The van der Waals surface area contributed by atoms with E-state index in [0.29, 0.717) is 17.2 Å². The molecule has 0 aliphatic heterocycles. The van der Waals surface area contributed by atoms with Crippen LogP contribution in [0, 0.1) is 5.92 Å². The third-order valence-corrected chi connectivity index (χ3v) is 8.77. The lowest BCUT2D eigenvalue weighted by atomic mass is 9.86. The van der Waals surface area contributed by atoms with Crippen molar-refractivity contribution in [2.45, 2.75) is 89.8 Å². The van der Waals surface area contributed by atoms with Crippen molar-refractivity contribution in [2.75, 3.05) is 17.7 Å². The number of ether oxygens (including phenoxy) is 1. The van der Waals surface area contributed by atoms with Crippen molar-refractivity contribution >= 4 is 40.0 Å². The van der Waals surface area contributed by atoms with E-state index < -0.39 is 0 Å². The number of amides is 1. The smallest absolute Gasteiger partial charge is 0.341 e. The maximum Gasteiger partial charge on any atom is 0.341 e. The van der Waals surface area contributed by atoms with Crippen LogP contribution in [0.15, 0.2) is 5.16 Å². The average Bonchev–Trinajstić information content (AvgIpc) is 3.51. The van der Waals surface area contributed by atoms with Crippen LogP contribution in [0.25, 0.3) is 0 Å². The van der Waals surface area contributed by atoms with Crippen LogP contribution in [0.2, 0.25) is 0 Å². The summed E-state index contributed by atoms with van der Waals surface area (Å²) in [7, 11) is 0. The third kappa shape index (κ3) is 5.80. The summed E-state index contributed by atoms with van der Waals surface area (Å²) in [5.74, 6) is 1.58. The highest BCUT2D eigenvalue weighted by Crippen LogP contribution is 2.39. The number of rotatable bonds is 10. The molecular weight excluding hydrogens is 456 g/mol. The molecule has 1 amide bonds. The predicted molar refractivity (Wildman–Crippen MR) is 132 cm³/mol. The molecule has 2 aliphatic rings. The van der Waals surface area contributed by atoms with Crippen LogP contribution in [0.3, 0.4) is 0 Å². The molecule has 0 bridgehead atoms. The molecule has 0 spiro atoms. The van der Waals surface area contributed by atoms with E-state index in [1.807, 2.05) is 0 Å². The summed E-state index contributed by atoms with van der Waals surface area (Å²) >= 11 is 2.91. The molecule has 9 heteroatoms. The van der Waals surface area contributed by atoms with Gasteiger partial charge in [0.1, 0.15) is 10.8 Å². The van der Waals surface area contributed by atoms with Crippen molar-refractivity contribution < 1.29 is 14.3 Å². The van der Waals surface area contributed by atoms with Gasteiger partial charge in [0.15, 0.2) is 5.16 Å². The van der Waals surface area contributed by atoms with Gasteiger partial charge in [-0.25, -0.2) is 4.79 Å². The number of fused-ring (bicyclic) bond motifs is 1. The lowest BCUT2D eigenvalue weighted by Gasteiger charge is -2.21. The fourth-order valence-electron chi connectivity index (χ4n) is 4.94. The molecule has 2 heterocycles. The first kappa shape index (κ1) is 24.3. The zero-order valence-electron chi connectivity index (χ0n) is 19.7. The highest BCUT2D eigenvalue weighted by molar-refractivity contribution is 7.99. The van der Waals surface area contributed by atoms with Crippen LogP contribution in [-0.2, 0) is 35.3 Å². The second-order valence-electron chi connectivity index (χ2n) is 8.80. The number of thiophene rings is 1. The van der Waals surface area contributed by atoms with Gasteiger partial charge in [-0.3, -0.25) is 4.79 Å². The second kappa shape index (κ2) is 11.5. The zero-order valence-corrected chi connectivity index (χ0v) is 21.3. The Morgan fingerprint density at radius 1 is 1.15 bits per heavy atom. The number of hydrogen-bond acceptors (Lipinski definition) is 7. The van der Waals surface area contributed by atoms with E-state index in [1.165, 1.54) is 66.5 Å². The first-order valence-electron chi connectivity index (χ1n) is 12.3. The Labute approximate surface area is 204 Å². The molecule has 33 heavy (non-hydrogen) atoms. The Morgan fingerprint density at radius 2 is 1.97 bits per heavy atom. The number of thioether (sulfide) groups is 1. The van der Waals surface area contributed by atoms with E-state index in [9.17, 15) is 9.59 Å². The monoisotopic (exact) mass is 490 g/mol. The summed E-state index contributed by atoms with van der Waals surface area (Å²) in [5.41, 5.74) is 1.60. The second-order valence-corrected chi connectivity index (χ2v) is 10.9. The van der Waals surface area contributed by atoms with Crippen LogP contribution in [0.4, 0.5) is 5.00 Å². The number of esters is 1. The largest absolute Gasteiger partial charge is 0.462 e. The molecule has 1 saturated carbocycles. The maximum atomic E-state index is 12.7. The van der Waals surface area contributed by atoms with Gasteiger partial charge in [0, 0.05) is 17.8 Å². The Hall–Kier alpha value is -1.87. The Bertz CT molecular complexity index is 979. The maximum absolute atomic E-state index is 12.7. The molecule has 0 aromatic carbocycles. The van der Waals surface area contributed by atoms with Gasteiger partial charge < -0.3 is 14.6 Å². The first-order valence-corrected chi connectivity index (χ1v) is 14.1. The predicted octanol–water partition coefficient (Wildman–Crippen LogP) is 5.27. The van der Waals surface area contributed by atoms with Gasteiger partial charge in [-0.05, 0) is 51.0 Å². The Morgan fingerprint density at radius 3 is 2.73 bits per heavy atom. The van der Waals surface area contributed by atoms with E-state index in [4.69, 9.17) is 4.74 Å². The molecule has 1 N–H and O–H groups in total. The summed E-state index contributed by atoms with van der Waals surface area (Å²) in [6, 6.07) is 0. The molecule has 1 fully saturated rings. The van der Waals surface area contributed by atoms with Crippen LogP contribution in [0.1, 0.15) is 85.4 Å². The quantitative estimate of drug-likeness (QED) is 0.361.